The van der Waals surface area contributed by atoms with E-state index in [-0.39, 0.29) is 5.91 Å². The zero-order valence-electron chi connectivity index (χ0n) is 15.8. The molecule has 0 atom stereocenters. The molecule has 1 fully saturated rings. The Hall–Kier alpha value is -2.53. The number of benzene rings is 2. The zero-order chi connectivity index (χ0) is 18.9. The first-order valence-corrected chi connectivity index (χ1v) is 9.78. The number of hydrogen-bond acceptors (Lipinski definition) is 4. The fourth-order valence-electron chi connectivity index (χ4n) is 3.31. The molecule has 27 heavy (non-hydrogen) atoms. The molecule has 1 amide bonds. The largest absolute Gasteiger partial charge is 0.494 e. The Morgan fingerprint density at radius 3 is 2.63 bits per heavy atom. The van der Waals surface area contributed by atoms with Crippen LogP contribution >= 0.6 is 0 Å². The number of nitrogen functional groups attached to an aromatic ring is 1. The van der Waals surface area contributed by atoms with E-state index in [0.29, 0.717) is 24.4 Å². The van der Waals surface area contributed by atoms with E-state index in [0.717, 1.165) is 18.7 Å². The summed E-state index contributed by atoms with van der Waals surface area (Å²) in [6, 6.07) is 15.3. The Morgan fingerprint density at radius 2 is 1.85 bits per heavy atom. The first-order valence-electron chi connectivity index (χ1n) is 9.78. The number of rotatable bonds is 8. The molecule has 2 aromatic rings. The van der Waals surface area contributed by atoms with Crippen LogP contribution in [0.5, 0.6) is 5.75 Å². The number of likely N-dealkylation sites (tertiary alicyclic amines) is 1. The minimum absolute atomic E-state index is 0.0847. The van der Waals surface area contributed by atoms with Crippen molar-refractivity contribution >= 4 is 11.6 Å². The van der Waals surface area contributed by atoms with E-state index in [2.05, 4.69) is 28.4 Å². The lowest BCUT2D eigenvalue weighted by Crippen LogP contribution is -2.29. The normalized spacial score (nSPS) is 14.7. The van der Waals surface area contributed by atoms with E-state index >= 15 is 0 Å². The third-order valence-electron chi connectivity index (χ3n) is 4.80. The number of amides is 1. The fourth-order valence-corrected chi connectivity index (χ4v) is 3.31. The van der Waals surface area contributed by atoms with Crippen molar-refractivity contribution in [3.05, 3.63) is 59.7 Å². The maximum Gasteiger partial charge on any atom is 0.251 e. The van der Waals surface area contributed by atoms with Crippen molar-refractivity contribution in [2.24, 2.45) is 0 Å². The summed E-state index contributed by atoms with van der Waals surface area (Å²) < 4.78 is 5.85. The number of hydrogen-bond donors (Lipinski definition) is 2. The molecule has 0 saturated carbocycles. The van der Waals surface area contributed by atoms with Crippen LogP contribution in [-0.2, 0) is 6.54 Å². The predicted octanol–water partition coefficient (Wildman–Crippen LogP) is 3.45. The van der Waals surface area contributed by atoms with E-state index in [1.54, 1.807) is 24.3 Å². The van der Waals surface area contributed by atoms with Crippen LogP contribution in [0.25, 0.3) is 0 Å². The highest BCUT2D eigenvalue weighted by molar-refractivity contribution is 5.94. The highest BCUT2D eigenvalue weighted by Crippen LogP contribution is 2.17. The summed E-state index contributed by atoms with van der Waals surface area (Å²) in [5, 5.41) is 2.90. The summed E-state index contributed by atoms with van der Waals surface area (Å²) in [4.78, 5) is 14.5. The molecule has 2 aromatic carbocycles. The fraction of sp³-hybridized carbons (Fsp3) is 0.409. The Morgan fingerprint density at radius 1 is 1.07 bits per heavy atom. The van der Waals surface area contributed by atoms with Gasteiger partial charge in [-0.3, -0.25) is 9.69 Å². The number of piperidine rings is 1. The molecule has 0 aromatic heterocycles. The number of nitrogens with zero attached hydrogens (tertiary/aromatic N) is 1. The number of nitrogens with one attached hydrogen (secondary N) is 1. The van der Waals surface area contributed by atoms with Gasteiger partial charge in [-0.05, 0) is 74.3 Å². The van der Waals surface area contributed by atoms with E-state index < -0.39 is 0 Å². The molecule has 0 unspecified atom stereocenters. The van der Waals surface area contributed by atoms with Gasteiger partial charge in [0, 0.05) is 24.3 Å². The van der Waals surface area contributed by atoms with Crippen molar-refractivity contribution in [3.8, 4) is 5.75 Å². The third-order valence-corrected chi connectivity index (χ3v) is 4.80. The second kappa shape index (κ2) is 9.97. The number of carbonyl (C=O) groups excluding carboxylic acids is 1. The number of anilines is 1. The topological polar surface area (TPSA) is 67.6 Å². The quantitative estimate of drug-likeness (QED) is 0.554. The van der Waals surface area contributed by atoms with Gasteiger partial charge in [0.1, 0.15) is 5.75 Å². The van der Waals surface area contributed by atoms with Crippen LogP contribution in [0.4, 0.5) is 5.69 Å². The average Bonchev–Trinajstić information content (AvgIpc) is 2.69. The molecule has 1 aliphatic heterocycles. The summed E-state index contributed by atoms with van der Waals surface area (Å²) in [5.41, 5.74) is 8.21. The summed E-state index contributed by atoms with van der Waals surface area (Å²) in [5.74, 6) is 0.813. The van der Waals surface area contributed by atoms with Crippen LogP contribution in [0.3, 0.4) is 0 Å². The number of carbonyl (C=O) groups is 1. The van der Waals surface area contributed by atoms with Gasteiger partial charge in [0.2, 0.25) is 0 Å². The van der Waals surface area contributed by atoms with E-state index in [1.165, 1.54) is 37.9 Å². The Balaban J connectivity index is 1.37. The van der Waals surface area contributed by atoms with Crippen molar-refractivity contribution in [1.29, 1.82) is 0 Å². The van der Waals surface area contributed by atoms with Gasteiger partial charge in [-0.2, -0.15) is 0 Å². The van der Waals surface area contributed by atoms with E-state index in [4.69, 9.17) is 10.5 Å². The summed E-state index contributed by atoms with van der Waals surface area (Å²) >= 11 is 0. The van der Waals surface area contributed by atoms with Gasteiger partial charge in [0.15, 0.2) is 0 Å². The van der Waals surface area contributed by atoms with Crippen LogP contribution in [0, 0.1) is 0 Å². The molecule has 3 rings (SSSR count). The first kappa shape index (κ1) is 19.2. The smallest absolute Gasteiger partial charge is 0.251 e. The maximum atomic E-state index is 12.0. The maximum absolute atomic E-state index is 12.0. The van der Waals surface area contributed by atoms with Crippen molar-refractivity contribution in [2.45, 2.75) is 32.2 Å². The molecule has 0 bridgehead atoms. The van der Waals surface area contributed by atoms with Crippen molar-refractivity contribution in [2.75, 3.05) is 32.0 Å². The van der Waals surface area contributed by atoms with Gasteiger partial charge in [-0.15, -0.1) is 0 Å². The highest BCUT2D eigenvalue weighted by atomic mass is 16.5. The van der Waals surface area contributed by atoms with Gasteiger partial charge in [0.05, 0.1) is 6.61 Å². The molecule has 1 saturated heterocycles. The molecular formula is C22H29N3O2. The second-order valence-electron chi connectivity index (χ2n) is 7.06. The monoisotopic (exact) mass is 367 g/mol. The highest BCUT2D eigenvalue weighted by Gasteiger charge is 2.10. The molecule has 0 aliphatic carbocycles. The lowest BCUT2D eigenvalue weighted by Gasteiger charge is -2.26. The van der Waals surface area contributed by atoms with Crippen LogP contribution in [-0.4, -0.2) is 37.0 Å². The minimum Gasteiger partial charge on any atom is -0.494 e. The third kappa shape index (κ3) is 6.29. The first-order chi connectivity index (χ1) is 13.2. The Kier molecular flexibility index (Phi) is 7.11. The van der Waals surface area contributed by atoms with Gasteiger partial charge in [-0.25, -0.2) is 0 Å². The summed E-state index contributed by atoms with van der Waals surface area (Å²) in [6.45, 7) is 4.54. The molecule has 5 nitrogen and oxygen atoms in total. The van der Waals surface area contributed by atoms with Crippen molar-refractivity contribution in [3.63, 3.8) is 0 Å². The number of nitrogens with two attached hydrogens (primary N) is 1. The predicted molar refractivity (Wildman–Crippen MR) is 109 cm³/mol. The van der Waals surface area contributed by atoms with E-state index in [1.807, 2.05) is 6.07 Å². The van der Waals surface area contributed by atoms with Gasteiger partial charge in [0.25, 0.3) is 5.91 Å². The van der Waals surface area contributed by atoms with Crippen LogP contribution in [0.1, 0.15) is 41.6 Å². The zero-order valence-corrected chi connectivity index (χ0v) is 15.8. The summed E-state index contributed by atoms with van der Waals surface area (Å²) in [7, 11) is 0. The van der Waals surface area contributed by atoms with Crippen LogP contribution in [0.15, 0.2) is 48.5 Å². The Labute approximate surface area is 161 Å². The van der Waals surface area contributed by atoms with Crippen LogP contribution < -0.4 is 15.8 Å². The number of ether oxygens (including phenoxy) is 1. The standard InChI is InChI=1S/C22H29N3O2/c23-20-10-8-19(9-11-20)22(26)24-12-5-15-27-21-7-4-6-18(16-21)17-25-13-2-1-3-14-25/h4,6-11,16H,1-3,5,12-15,17,23H2,(H,24,26). The van der Waals surface area contributed by atoms with Gasteiger partial charge < -0.3 is 15.8 Å². The molecule has 5 heteroatoms. The van der Waals surface area contributed by atoms with E-state index in [9.17, 15) is 4.79 Å². The average molecular weight is 367 g/mol. The van der Waals surface area contributed by atoms with Crippen molar-refractivity contribution in [1.82, 2.24) is 10.2 Å². The molecule has 144 valence electrons. The Bertz CT molecular complexity index is 725. The molecular weight excluding hydrogens is 338 g/mol. The lowest BCUT2D eigenvalue weighted by atomic mass is 10.1. The SMILES string of the molecule is Nc1ccc(C(=O)NCCCOc2cccc(CN3CCCCC3)c2)cc1. The van der Waals surface area contributed by atoms with Gasteiger partial charge in [-0.1, -0.05) is 18.6 Å². The molecule has 0 radical (unpaired) electrons. The molecule has 3 N–H and O–H groups in total. The molecule has 1 heterocycles. The molecule has 0 spiro atoms. The minimum atomic E-state index is -0.0847. The summed E-state index contributed by atoms with van der Waals surface area (Å²) in [6.07, 6.45) is 4.72. The van der Waals surface area contributed by atoms with Crippen LogP contribution in [0.2, 0.25) is 0 Å². The van der Waals surface area contributed by atoms with Gasteiger partial charge >= 0.3 is 0 Å². The van der Waals surface area contributed by atoms with Crippen molar-refractivity contribution < 1.29 is 9.53 Å². The lowest BCUT2D eigenvalue weighted by molar-refractivity contribution is 0.0951. The molecule has 1 aliphatic rings. The second-order valence-corrected chi connectivity index (χ2v) is 7.06.